The number of halogens is 4. The Bertz CT molecular complexity index is 373. The summed E-state index contributed by atoms with van der Waals surface area (Å²) in [6.45, 7) is 0. The van der Waals surface area contributed by atoms with Gasteiger partial charge in [-0.3, -0.25) is 0 Å². The van der Waals surface area contributed by atoms with E-state index in [1.807, 2.05) is 0 Å². The minimum Gasteiger partial charge on any atom is -0.390 e. The quantitative estimate of drug-likeness (QED) is 0.641. The van der Waals surface area contributed by atoms with Crippen LogP contribution in [0.1, 0.15) is 18.1 Å². The van der Waals surface area contributed by atoms with Crippen molar-refractivity contribution in [3.05, 3.63) is 32.8 Å². The predicted octanol–water partition coefficient (Wildman–Crippen LogP) is 3.83. The maximum atomic E-state index is 9.88. The average molecular weight is 348 g/mol. The third kappa shape index (κ3) is 3.49. The molecule has 2 N–H and O–H groups in total. The molecule has 1 aromatic rings. The molecule has 0 aliphatic carbocycles. The predicted molar refractivity (Wildman–Crippen MR) is 70.8 cm³/mol. The fraction of sp³-hybridized carbons (Fsp3) is 0.400. The lowest BCUT2D eigenvalue weighted by Gasteiger charge is -2.19. The van der Waals surface area contributed by atoms with Crippen LogP contribution in [0.25, 0.3) is 0 Å². The third-order valence-corrected chi connectivity index (χ3v) is 3.60. The molecule has 0 bridgehead atoms. The summed E-state index contributed by atoms with van der Waals surface area (Å²) in [4.78, 5) is 0. The van der Waals surface area contributed by atoms with Crippen molar-refractivity contribution < 1.29 is 10.2 Å². The Kier molecular flexibility index (Phi) is 5.85. The zero-order valence-electron chi connectivity index (χ0n) is 8.13. The summed E-state index contributed by atoms with van der Waals surface area (Å²) in [5.74, 6) is 0. The molecule has 2 unspecified atom stereocenters. The lowest BCUT2D eigenvalue weighted by molar-refractivity contribution is 0.0174. The normalized spacial score (nSPS) is 14.9. The Balaban J connectivity index is 3.03. The molecule has 0 radical (unpaired) electrons. The van der Waals surface area contributed by atoms with Gasteiger partial charge >= 0.3 is 0 Å². The number of alkyl halides is 1. The van der Waals surface area contributed by atoms with E-state index in [4.69, 9.17) is 34.8 Å². The van der Waals surface area contributed by atoms with Crippen LogP contribution in [-0.2, 0) is 0 Å². The highest BCUT2D eigenvalue weighted by atomic mass is 79.9. The molecule has 0 fully saturated rings. The first-order valence-electron chi connectivity index (χ1n) is 4.54. The first-order valence-corrected chi connectivity index (χ1v) is 6.79. The van der Waals surface area contributed by atoms with E-state index in [2.05, 4.69) is 15.9 Å². The Morgan fingerprint density at radius 3 is 2.38 bits per heavy atom. The SMILES string of the molecule is OC(CCBr)C(O)c1cc(Cl)cc(Cl)c1Cl. The fourth-order valence-corrected chi connectivity index (χ4v) is 2.47. The molecule has 1 rings (SSSR count). The number of aliphatic hydroxyl groups excluding tert-OH is 2. The summed E-state index contributed by atoms with van der Waals surface area (Å²) in [5, 5.41) is 21.0. The second-order valence-electron chi connectivity index (χ2n) is 3.28. The van der Waals surface area contributed by atoms with E-state index in [9.17, 15) is 10.2 Å². The molecule has 6 heteroatoms. The lowest BCUT2D eigenvalue weighted by Crippen LogP contribution is -2.19. The number of hydrogen-bond acceptors (Lipinski definition) is 2. The van der Waals surface area contributed by atoms with E-state index in [0.29, 0.717) is 22.3 Å². The van der Waals surface area contributed by atoms with Gasteiger partial charge in [0.05, 0.1) is 16.1 Å². The second-order valence-corrected chi connectivity index (χ2v) is 5.30. The molecule has 0 spiro atoms. The third-order valence-electron chi connectivity index (χ3n) is 2.11. The Morgan fingerprint density at radius 1 is 1.19 bits per heavy atom. The van der Waals surface area contributed by atoms with Gasteiger partial charge in [-0.15, -0.1) is 0 Å². The van der Waals surface area contributed by atoms with Gasteiger partial charge in [-0.2, -0.15) is 0 Å². The highest BCUT2D eigenvalue weighted by Gasteiger charge is 2.22. The van der Waals surface area contributed by atoms with Crippen LogP contribution in [-0.4, -0.2) is 21.6 Å². The highest BCUT2D eigenvalue weighted by molar-refractivity contribution is 9.09. The minimum absolute atomic E-state index is 0.215. The van der Waals surface area contributed by atoms with Gasteiger partial charge in [0.25, 0.3) is 0 Å². The van der Waals surface area contributed by atoms with Crippen molar-refractivity contribution >= 4 is 50.7 Å². The maximum absolute atomic E-state index is 9.88. The standard InChI is InChI=1S/C10H10BrCl3O2/c11-2-1-8(15)10(16)6-3-5(12)4-7(13)9(6)14/h3-4,8,10,15-16H,1-2H2. The first kappa shape index (κ1) is 14.6. The topological polar surface area (TPSA) is 40.5 Å². The van der Waals surface area contributed by atoms with E-state index < -0.39 is 12.2 Å². The number of rotatable bonds is 4. The summed E-state index contributed by atoms with van der Waals surface area (Å²) < 4.78 is 0. The van der Waals surface area contributed by atoms with E-state index in [1.165, 1.54) is 12.1 Å². The Morgan fingerprint density at radius 2 is 1.81 bits per heavy atom. The molecule has 16 heavy (non-hydrogen) atoms. The van der Waals surface area contributed by atoms with Crippen LogP contribution in [0.3, 0.4) is 0 Å². The summed E-state index contributed by atoms with van der Waals surface area (Å²) in [6, 6.07) is 2.98. The summed E-state index contributed by atoms with van der Waals surface area (Å²) in [6.07, 6.45) is -1.60. The van der Waals surface area contributed by atoms with Crippen molar-refractivity contribution in [2.24, 2.45) is 0 Å². The summed E-state index contributed by atoms with van der Waals surface area (Å²) in [7, 11) is 0. The van der Waals surface area contributed by atoms with Crippen molar-refractivity contribution in [3.63, 3.8) is 0 Å². The molecule has 90 valence electrons. The molecular formula is C10H10BrCl3O2. The van der Waals surface area contributed by atoms with Gasteiger partial charge in [-0.25, -0.2) is 0 Å². The number of hydrogen-bond donors (Lipinski definition) is 2. The van der Waals surface area contributed by atoms with Crippen LogP contribution in [0.5, 0.6) is 0 Å². The molecule has 0 aliphatic heterocycles. The monoisotopic (exact) mass is 346 g/mol. The van der Waals surface area contributed by atoms with Crippen molar-refractivity contribution in [1.29, 1.82) is 0 Å². The van der Waals surface area contributed by atoms with Crippen LogP contribution in [0.15, 0.2) is 12.1 Å². The molecule has 0 saturated carbocycles. The molecule has 0 saturated heterocycles. The molecule has 2 atom stereocenters. The summed E-state index contributed by atoms with van der Waals surface area (Å²) >= 11 is 20.7. The van der Waals surface area contributed by atoms with Crippen LogP contribution in [0.4, 0.5) is 0 Å². The van der Waals surface area contributed by atoms with Gasteiger partial charge in [-0.05, 0) is 18.6 Å². The van der Waals surface area contributed by atoms with Gasteiger partial charge in [0.1, 0.15) is 6.10 Å². The van der Waals surface area contributed by atoms with Crippen LogP contribution in [0, 0.1) is 0 Å². The van der Waals surface area contributed by atoms with Gasteiger partial charge in [0.15, 0.2) is 0 Å². The summed E-state index contributed by atoms with van der Waals surface area (Å²) in [5.41, 5.74) is 0.340. The molecule has 1 aromatic carbocycles. The molecule has 0 aliphatic rings. The molecular weight excluding hydrogens is 338 g/mol. The van der Waals surface area contributed by atoms with Crippen molar-refractivity contribution in [2.75, 3.05) is 5.33 Å². The van der Waals surface area contributed by atoms with Crippen LogP contribution < -0.4 is 0 Å². The zero-order chi connectivity index (χ0) is 12.3. The first-order chi connectivity index (χ1) is 7.47. The smallest absolute Gasteiger partial charge is 0.106 e. The highest BCUT2D eigenvalue weighted by Crippen LogP contribution is 2.35. The average Bonchev–Trinajstić information content (AvgIpc) is 2.22. The van der Waals surface area contributed by atoms with Crippen LogP contribution >= 0.6 is 50.7 Å². The zero-order valence-corrected chi connectivity index (χ0v) is 12.0. The van der Waals surface area contributed by atoms with Gasteiger partial charge in [0.2, 0.25) is 0 Å². The number of aliphatic hydroxyl groups is 2. The molecule has 0 aromatic heterocycles. The van der Waals surface area contributed by atoms with E-state index >= 15 is 0 Å². The fourth-order valence-electron chi connectivity index (χ4n) is 1.27. The van der Waals surface area contributed by atoms with Gasteiger partial charge in [-0.1, -0.05) is 50.7 Å². The Labute approximate surface area is 117 Å². The largest absolute Gasteiger partial charge is 0.390 e. The second kappa shape index (κ2) is 6.43. The van der Waals surface area contributed by atoms with Crippen molar-refractivity contribution in [2.45, 2.75) is 18.6 Å². The van der Waals surface area contributed by atoms with Crippen LogP contribution in [0.2, 0.25) is 15.1 Å². The van der Waals surface area contributed by atoms with Gasteiger partial charge < -0.3 is 10.2 Å². The van der Waals surface area contributed by atoms with Crippen molar-refractivity contribution in [3.8, 4) is 0 Å². The molecule has 2 nitrogen and oxygen atoms in total. The van der Waals surface area contributed by atoms with E-state index in [1.54, 1.807) is 0 Å². The van der Waals surface area contributed by atoms with E-state index in [-0.39, 0.29) is 10.0 Å². The van der Waals surface area contributed by atoms with E-state index in [0.717, 1.165) is 0 Å². The molecule has 0 heterocycles. The maximum Gasteiger partial charge on any atom is 0.106 e. The van der Waals surface area contributed by atoms with Gasteiger partial charge in [0, 0.05) is 15.9 Å². The minimum atomic E-state index is -1.10. The molecule has 0 amide bonds. The Hall–Kier alpha value is 0.490. The van der Waals surface area contributed by atoms with Crippen molar-refractivity contribution in [1.82, 2.24) is 0 Å². The lowest BCUT2D eigenvalue weighted by atomic mass is 10.0. The number of benzene rings is 1.